The van der Waals surface area contributed by atoms with Crippen LogP contribution >= 0.6 is 0 Å². The Bertz CT molecular complexity index is 2410. The number of fused-ring (bicyclic) bond motifs is 2. The number of carbonyl (C=O) groups is 2. The third kappa shape index (κ3) is 8.76. The van der Waals surface area contributed by atoms with E-state index in [1.807, 2.05) is 9.80 Å². The number of nitrogens with zero attached hydrogens (tertiary/aromatic N) is 10. The van der Waals surface area contributed by atoms with Gasteiger partial charge >= 0.3 is 11.9 Å². The van der Waals surface area contributed by atoms with Crippen LogP contribution in [0.5, 0.6) is 0 Å². The zero-order valence-corrected chi connectivity index (χ0v) is 33.0. The van der Waals surface area contributed by atoms with Gasteiger partial charge in [-0.25, -0.2) is 28.4 Å². The first-order chi connectivity index (χ1) is 28.6. The number of hydrogen-bond acceptors (Lipinski definition) is 8. The fraction of sp³-hybridized carbons (Fsp3) is 0.368. The van der Waals surface area contributed by atoms with Crippen molar-refractivity contribution in [3.8, 4) is 0 Å². The summed E-state index contributed by atoms with van der Waals surface area (Å²) in [5.41, 5.74) is 23.5. The number of piperazine rings is 2. The monoisotopic (exact) mass is 832 g/mol. The Balaban J connectivity index is 1.00. The number of pyridine rings is 2. The standard InChI is InChI=1S/C38H46F2N14O6/c1-3-49-19-23(33(57)58)31(55)21-15-25(39)29(17-27(21)49)51-7-11-53(12-8-51)37(43)47-35(41)45-5-6-46-36(42)48-38(44)54-13-9-52(10-14-54)30-18-28-22(16-26(30)40)32(56)24(34(59)60)20-50(28)4-2/h15-20H,3-14H2,1-2H3,(H,57,58)(H,59,60)(H4,41,43,45,47)(H4,42,44,46,48). The number of nitrogens with two attached hydrogens (primary N) is 4. The summed E-state index contributed by atoms with van der Waals surface area (Å²) in [6.45, 7) is 7.60. The van der Waals surface area contributed by atoms with Crippen LogP contribution in [0, 0.1) is 11.6 Å². The predicted octanol–water partition coefficient (Wildman–Crippen LogP) is 0.234. The van der Waals surface area contributed by atoms with Crippen molar-refractivity contribution in [3.63, 3.8) is 0 Å². The Morgan fingerprint density at radius 1 is 0.617 bits per heavy atom. The minimum atomic E-state index is -1.38. The number of guanidine groups is 4. The molecule has 10 N–H and O–H groups in total. The van der Waals surface area contributed by atoms with Crippen LogP contribution in [-0.4, -0.2) is 130 Å². The first-order valence-corrected chi connectivity index (χ1v) is 19.1. The molecule has 60 heavy (non-hydrogen) atoms. The molecule has 20 nitrogen and oxygen atoms in total. The number of aliphatic imine (C=N–C) groups is 4. The van der Waals surface area contributed by atoms with Crippen LogP contribution in [0.4, 0.5) is 20.2 Å². The van der Waals surface area contributed by atoms with Gasteiger partial charge in [-0.1, -0.05) is 0 Å². The lowest BCUT2D eigenvalue weighted by Crippen LogP contribution is -2.51. The zero-order valence-electron chi connectivity index (χ0n) is 33.0. The van der Waals surface area contributed by atoms with E-state index in [-0.39, 0.29) is 59.1 Å². The predicted molar refractivity (Wildman–Crippen MR) is 225 cm³/mol. The zero-order chi connectivity index (χ0) is 43.4. The lowest BCUT2D eigenvalue weighted by Gasteiger charge is -2.36. The summed E-state index contributed by atoms with van der Waals surface area (Å²) in [5.74, 6) is -3.97. The number of carboxylic acids is 2. The molecule has 0 radical (unpaired) electrons. The van der Waals surface area contributed by atoms with Crippen LogP contribution in [0.2, 0.25) is 0 Å². The summed E-state index contributed by atoms with van der Waals surface area (Å²) in [7, 11) is 0. The highest BCUT2D eigenvalue weighted by atomic mass is 19.1. The van der Waals surface area contributed by atoms with Crippen molar-refractivity contribution >= 4 is 69.0 Å². The maximum absolute atomic E-state index is 15.3. The van der Waals surface area contributed by atoms with E-state index >= 15 is 8.78 Å². The topological polar surface area (TPSA) is 285 Å². The Morgan fingerprint density at radius 2 is 0.967 bits per heavy atom. The SMILES string of the molecule is CCn1cc(C(=O)O)c(=O)c2cc(F)c(N3CCN(C(N)=NC(N)=NCCN=C(N)N=C(N)N4CCN(c5cc6c(cc5F)c(=O)c(C(=O)O)cn6CC)CC4)CC3)cc21. The summed E-state index contributed by atoms with van der Waals surface area (Å²) in [4.78, 5) is 72.4. The van der Waals surface area contributed by atoms with Crippen molar-refractivity contribution in [1.29, 1.82) is 0 Å². The molecule has 4 heterocycles. The normalized spacial score (nSPS) is 16.0. The van der Waals surface area contributed by atoms with Crippen molar-refractivity contribution < 1.29 is 28.6 Å². The molecule has 318 valence electrons. The highest BCUT2D eigenvalue weighted by Gasteiger charge is 2.25. The molecule has 0 aliphatic carbocycles. The second-order valence-corrected chi connectivity index (χ2v) is 13.9. The summed E-state index contributed by atoms with van der Waals surface area (Å²) in [6, 6.07) is 5.29. The Labute approximate surface area is 341 Å². The van der Waals surface area contributed by atoms with Crippen molar-refractivity contribution in [2.75, 3.05) is 75.2 Å². The van der Waals surface area contributed by atoms with E-state index in [0.29, 0.717) is 76.5 Å². The third-order valence-corrected chi connectivity index (χ3v) is 10.4. The van der Waals surface area contributed by atoms with Gasteiger partial charge in [0, 0.05) is 88.6 Å². The molecule has 6 rings (SSSR count). The minimum absolute atomic E-state index is 0.00739. The quantitative estimate of drug-likeness (QED) is 0.0749. The first kappa shape index (κ1) is 42.3. The molecule has 0 amide bonds. The largest absolute Gasteiger partial charge is 0.477 e. The maximum Gasteiger partial charge on any atom is 0.341 e. The highest BCUT2D eigenvalue weighted by Crippen LogP contribution is 2.28. The number of benzene rings is 2. The minimum Gasteiger partial charge on any atom is -0.477 e. The van der Waals surface area contributed by atoms with Gasteiger partial charge < -0.3 is 61.9 Å². The van der Waals surface area contributed by atoms with Gasteiger partial charge in [0.05, 0.1) is 35.5 Å². The van der Waals surface area contributed by atoms with Gasteiger partial charge in [0.1, 0.15) is 22.8 Å². The molecular formula is C38H46F2N14O6. The van der Waals surface area contributed by atoms with Crippen LogP contribution in [-0.2, 0) is 13.1 Å². The van der Waals surface area contributed by atoms with Gasteiger partial charge in [-0.2, -0.15) is 9.98 Å². The Kier molecular flexibility index (Phi) is 12.5. The van der Waals surface area contributed by atoms with Crippen molar-refractivity contribution in [3.05, 3.63) is 79.9 Å². The van der Waals surface area contributed by atoms with E-state index in [0.717, 1.165) is 12.1 Å². The molecule has 22 heteroatoms. The molecule has 2 fully saturated rings. The molecule has 2 aromatic carbocycles. The fourth-order valence-electron chi connectivity index (χ4n) is 7.24. The van der Waals surface area contributed by atoms with Crippen molar-refractivity contribution in [2.24, 2.45) is 42.9 Å². The summed E-state index contributed by atoms with van der Waals surface area (Å²) in [5, 5.41) is 18.8. The van der Waals surface area contributed by atoms with E-state index in [4.69, 9.17) is 22.9 Å². The van der Waals surface area contributed by atoms with Crippen LogP contribution in [0.3, 0.4) is 0 Å². The number of carboxylic acid groups (broad SMARTS) is 2. The number of aromatic nitrogens is 2. The lowest BCUT2D eigenvalue weighted by molar-refractivity contribution is 0.0684. The van der Waals surface area contributed by atoms with Crippen molar-refractivity contribution in [1.82, 2.24) is 18.9 Å². The molecule has 0 unspecified atom stereocenters. The van der Waals surface area contributed by atoms with E-state index in [9.17, 15) is 29.4 Å². The molecule has 2 aliphatic rings. The molecule has 0 saturated carbocycles. The van der Waals surface area contributed by atoms with E-state index < -0.39 is 45.6 Å². The number of aromatic carboxylic acids is 2. The summed E-state index contributed by atoms with van der Waals surface area (Å²) in [6.07, 6.45) is 2.54. The average Bonchev–Trinajstić information content (AvgIpc) is 3.22. The molecule has 0 atom stereocenters. The number of rotatable bonds is 9. The van der Waals surface area contributed by atoms with Crippen LogP contribution in [0.25, 0.3) is 21.8 Å². The summed E-state index contributed by atoms with van der Waals surface area (Å²) < 4.78 is 33.8. The number of anilines is 2. The van der Waals surface area contributed by atoms with Gasteiger partial charge in [-0.15, -0.1) is 0 Å². The molecule has 0 bridgehead atoms. The molecule has 2 aromatic heterocycles. The Hall–Kier alpha value is -7.26. The molecule has 4 aromatic rings. The van der Waals surface area contributed by atoms with E-state index in [2.05, 4.69) is 20.0 Å². The molecule has 2 aliphatic heterocycles. The van der Waals surface area contributed by atoms with Gasteiger partial charge in [0.15, 0.2) is 11.9 Å². The van der Waals surface area contributed by atoms with Gasteiger partial charge in [-0.3, -0.25) is 9.59 Å². The number of hydrogen-bond donors (Lipinski definition) is 6. The van der Waals surface area contributed by atoms with Crippen LogP contribution in [0.1, 0.15) is 34.6 Å². The third-order valence-electron chi connectivity index (χ3n) is 10.4. The molecule has 2 saturated heterocycles. The molecule has 0 spiro atoms. The Morgan fingerprint density at radius 3 is 1.28 bits per heavy atom. The van der Waals surface area contributed by atoms with Crippen molar-refractivity contribution in [2.45, 2.75) is 26.9 Å². The lowest BCUT2D eigenvalue weighted by atomic mass is 10.1. The fourth-order valence-corrected chi connectivity index (χ4v) is 7.24. The number of halogens is 2. The van der Waals surface area contributed by atoms with Gasteiger partial charge in [0.25, 0.3) is 0 Å². The maximum atomic E-state index is 15.3. The smallest absolute Gasteiger partial charge is 0.341 e. The first-order valence-electron chi connectivity index (χ1n) is 19.1. The van der Waals surface area contributed by atoms with E-state index in [1.165, 1.54) is 12.4 Å². The van der Waals surface area contributed by atoms with Crippen LogP contribution in [0.15, 0.2) is 66.2 Å². The van der Waals surface area contributed by atoms with Gasteiger partial charge in [-0.05, 0) is 38.1 Å². The second-order valence-electron chi connectivity index (χ2n) is 13.9. The van der Waals surface area contributed by atoms with E-state index in [1.54, 1.807) is 44.9 Å². The second kappa shape index (κ2) is 17.7. The van der Waals surface area contributed by atoms with Crippen LogP contribution < -0.4 is 43.6 Å². The summed E-state index contributed by atoms with van der Waals surface area (Å²) >= 11 is 0. The number of aryl methyl sites for hydroxylation is 2. The highest BCUT2D eigenvalue weighted by molar-refractivity contribution is 5.96. The molecular weight excluding hydrogens is 787 g/mol. The average molecular weight is 833 g/mol. The van der Waals surface area contributed by atoms with Gasteiger partial charge in [0.2, 0.25) is 22.8 Å².